The van der Waals surface area contributed by atoms with Gasteiger partial charge < -0.3 is 14.4 Å². The standard InChI is InChI=1S/C15H27NO4/c1-7-20-13(18)11(14(2,3)4)12(17)16-8-9-19-10-15(16,5)6/h11H,7-10H2,1-6H3. The van der Waals surface area contributed by atoms with Gasteiger partial charge in [-0.15, -0.1) is 0 Å². The molecule has 0 aromatic carbocycles. The lowest BCUT2D eigenvalue weighted by atomic mass is 9.79. The Bertz CT molecular complexity index is 371. The van der Waals surface area contributed by atoms with Crippen molar-refractivity contribution in [2.45, 2.75) is 47.1 Å². The molecule has 5 heteroatoms. The highest BCUT2D eigenvalue weighted by Gasteiger charge is 2.45. The molecule has 1 rings (SSSR count). The Morgan fingerprint density at radius 2 is 1.95 bits per heavy atom. The van der Waals surface area contributed by atoms with Gasteiger partial charge in [0.15, 0.2) is 0 Å². The van der Waals surface area contributed by atoms with Crippen molar-refractivity contribution in [2.24, 2.45) is 11.3 Å². The van der Waals surface area contributed by atoms with Crippen molar-refractivity contribution in [3.05, 3.63) is 0 Å². The fourth-order valence-corrected chi connectivity index (χ4v) is 2.47. The van der Waals surface area contributed by atoms with Crippen molar-refractivity contribution in [3.8, 4) is 0 Å². The second-order valence-corrected chi connectivity index (χ2v) is 6.91. The van der Waals surface area contributed by atoms with E-state index in [-0.39, 0.29) is 12.5 Å². The summed E-state index contributed by atoms with van der Waals surface area (Å²) in [5, 5.41) is 0. The van der Waals surface area contributed by atoms with E-state index < -0.39 is 22.8 Å². The molecule has 1 saturated heterocycles. The van der Waals surface area contributed by atoms with Crippen LogP contribution in [0.1, 0.15) is 41.5 Å². The lowest BCUT2D eigenvalue weighted by Crippen LogP contribution is -2.59. The van der Waals surface area contributed by atoms with Gasteiger partial charge >= 0.3 is 5.97 Å². The number of hydrogen-bond acceptors (Lipinski definition) is 4. The van der Waals surface area contributed by atoms with Crippen LogP contribution in [0.5, 0.6) is 0 Å². The number of amides is 1. The predicted octanol–water partition coefficient (Wildman–Crippen LogP) is 1.85. The Morgan fingerprint density at radius 3 is 2.40 bits per heavy atom. The summed E-state index contributed by atoms with van der Waals surface area (Å²) in [6.45, 7) is 13.1. The molecule has 1 unspecified atom stereocenters. The highest BCUT2D eigenvalue weighted by molar-refractivity contribution is 5.99. The molecule has 1 aliphatic heterocycles. The summed E-state index contributed by atoms with van der Waals surface area (Å²) in [5.41, 5.74) is -0.872. The summed E-state index contributed by atoms with van der Waals surface area (Å²) >= 11 is 0. The van der Waals surface area contributed by atoms with Gasteiger partial charge in [0, 0.05) is 6.54 Å². The molecule has 0 saturated carbocycles. The first-order valence-corrected chi connectivity index (χ1v) is 7.17. The van der Waals surface area contributed by atoms with Gasteiger partial charge in [0.1, 0.15) is 5.92 Å². The van der Waals surface area contributed by atoms with Crippen LogP contribution < -0.4 is 0 Å². The van der Waals surface area contributed by atoms with Crippen molar-refractivity contribution in [2.75, 3.05) is 26.4 Å². The minimum atomic E-state index is -0.778. The van der Waals surface area contributed by atoms with E-state index in [4.69, 9.17) is 9.47 Å². The summed E-state index contributed by atoms with van der Waals surface area (Å²) in [4.78, 5) is 26.8. The molecule has 0 aromatic rings. The van der Waals surface area contributed by atoms with Gasteiger partial charge in [-0.1, -0.05) is 20.8 Å². The fraction of sp³-hybridized carbons (Fsp3) is 0.867. The van der Waals surface area contributed by atoms with Crippen LogP contribution in [-0.2, 0) is 19.1 Å². The first-order valence-electron chi connectivity index (χ1n) is 7.17. The van der Waals surface area contributed by atoms with E-state index >= 15 is 0 Å². The number of esters is 1. The van der Waals surface area contributed by atoms with Crippen molar-refractivity contribution < 1.29 is 19.1 Å². The lowest BCUT2D eigenvalue weighted by molar-refractivity contribution is -0.167. The molecule has 0 spiro atoms. The molecular formula is C15H27NO4. The molecule has 0 N–H and O–H groups in total. The van der Waals surface area contributed by atoms with Crippen LogP contribution in [0, 0.1) is 11.3 Å². The normalized spacial score (nSPS) is 20.4. The summed E-state index contributed by atoms with van der Waals surface area (Å²) in [7, 11) is 0. The van der Waals surface area contributed by atoms with Crippen molar-refractivity contribution in [1.82, 2.24) is 4.90 Å². The first kappa shape index (κ1) is 17.0. The summed E-state index contributed by atoms with van der Waals surface area (Å²) in [5.74, 6) is -1.38. The summed E-state index contributed by atoms with van der Waals surface area (Å²) < 4.78 is 10.5. The van der Waals surface area contributed by atoms with Crippen LogP contribution in [0.25, 0.3) is 0 Å². The molecule has 1 aliphatic rings. The molecule has 5 nitrogen and oxygen atoms in total. The smallest absolute Gasteiger partial charge is 0.319 e. The second kappa shape index (κ2) is 6.12. The Labute approximate surface area is 121 Å². The molecule has 1 amide bonds. The summed E-state index contributed by atoms with van der Waals surface area (Å²) in [6, 6.07) is 0. The van der Waals surface area contributed by atoms with Crippen molar-refractivity contribution in [1.29, 1.82) is 0 Å². The SMILES string of the molecule is CCOC(=O)C(C(=O)N1CCOCC1(C)C)C(C)(C)C. The molecule has 20 heavy (non-hydrogen) atoms. The Balaban J connectivity index is 3.01. The third-order valence-electron chi connectivity index (χ3n) is 3.55. The van der Waals surface area contributed by atoms with E-state index in [1.807, 2.05) is 34.6 Å². The third-order valence-corrected chi connectivity index (χ3v) is 3.55. The average molecular weight is 285 g/mol. The van der Waals surface area contributed by atoms with Gasteiger partial charge in [0.25, 0.3) is 0 Å². The van der Waals surface area contributed by atoms with Crippen LogP contribution in [0.4, 0.5) is 0 Å². The maximum absolute atomic E-state index is 12.8. The van der Waals surface area contributed by atoms with Crippen molar-refractivity contribution in [3.63, 3.8) is 0 Å². The zero-order valence-electron chi connectivity index (χ0n) is 13.5. The number of rotatable bonds is 3. The molecule has 0 bridgehead atoms. The van der Waals surface area contributed by atoms with Gasteiger partial charge in [0.05, 0.1) is 25.4 Å². The van der Waals surface area contributed by atoms with Crippen LogP contribution in [0.3, 0.4) is 0 Å². The Kier molecular flexibility index (Phi) is 5.19. The van der Waals surface area contributed by atoms with Crippen LogP contribution in [0.2, 0.25) is 0 Å². The molecule has 1 heterocycles. The van der Waals surface area contributed by atoms with Crippen LogP contribution in [-0.4, -0.2) is 48.7 Å². The minimum absolute atomic E-state index is 0.163. The zero-order chi connectivity index (χ0) is 15.6. The molecule has 0 aliphatic carbocycles. The molecule has 0 aromatic heterocycles. The van der Waals surface area contributed by atoms with Gasteiger partial charge in [-0.3, -0.25) is 9.59 Å². The number of morpholine rings is 1. The zero-order valence-corrected chi connectivity index (χ0v) is 13.5. The van der Waals surface area contributed by atoms with Gasteiger partial charge in [0.2, 0.25) is 5.91 Å². The Morgan fingerprint density at radius 1 is 1.35 bits per heavy atom. The molecule has 116 valence electrons. The maximum Gasteiger partial charge on any atom is 0.319 e. The monoisotopic (exact) mass is 285 g/mol. The van der Waals surface area contributed by atoms with Gasteiger partial charge in [-0.2, -0.15) is 0 Å². The van der Waals surface area contributed by atoms with Gasteiger partial charge in [-0.05, 0) is 26.2 Å². The number of carbonyl (C=O) groups is 2. The molecule has 1 atom stereocenters. The maximum atomic E-state index is 12.8. The van der Waals surface area contributed by atoms with Crippen molar-refractivity contribution >= 4 is 11.9 Å². The number of nitrogens with zero attached hydrogens (tertiary/aromatic N) is 1. The number of hydrogen-bond donors (Lipinski definition) is 0. The quantitative estimate of drug-likeness (QED) is 0.586. The van der Waals surface area contributed by atoms with E-state index in [1.165, 1.54) is 0 Å². The molecule has 1 fully saturated rings. The largest absolute Gasteiger partial charge is 0.465 e. The molecule has 0 radical (unpaired) electrons. The highest BCUT2D eigenvalue weighted by Crippen LogP contribution is 2.32. The average Bonchev–Trinajstić information content (AvgIpc) is 2.26. The van der Waals surface area contributed by atoms with Crippen LogP contribution >= 0.6 is 0 Å². The second-order valence-electron chi connectivity index (χ2n) is 6.91. The van der Waals surface area contributed by atoms with E-state index in [0.717, 1.165) is 0 Å². The number of carbonyl (C=O) groups excluding carboxylic acids is 2. The van der Waals surface area contributed by atoms with E-state index in [0.29, 0.717) is 19.8 Å². The first-order chi connectivity index (χ1) is 9.11. The number of ether oxygens (including phenoxy) is 2. The molecular weight excluding hydrogens is 258 g/mol. The fourth-order valence-electron chi connectivity index (χ4n) is 2.47. The lowest BCUT2D eigenvalue weighted by Gasteiger charge is -2.44. The summed E-state index contributed by atoms with van der Waals surface area (Å²) in [6.07, 6.45) is 0. The van der Waals surface area contributed by atoms with Crippen LogP contribution in [0.15, 0.2) is 0 Å². The Hall–Kier alpha value is -1.10. The predicted molar refractivity (Wildman–Crippen MR) is 76.2 cm³/mol. The van der Waals surface area contributed by atoms with Gasteiger partial charge in [-0.25, -0.2) is 0 Å². The highest BCUT2D eigenvalue weighted by atomic mass is 16.5. The van der Waals surface area contributed by atoms with E-state index in [9.17, 15) is 9.59 Å². The minimum Gasteiger partial charge on any atom is -0.465 e. The topological polar surface area (TPSA) is 55.8 Å². The third kappa shape index (κ3) is 3.72. The van der Waals surface area contributed by atoms with E-state index in [2.05, 4.69) is 0 Å². The van der Waals surface area contributed by atoms with E-state index in [1.54, 1.807) is 11.8 Å².